The molecule has 3 aliphatic heterocycles. The van der Waals surface area contributed by atoms with Crippen LogP contribution in [0.25, 0.3) is 0 Å². The lowest BCUT2D eigenvalue weighted by Gasteiger charge is -2.45. The summed E-state index contributed by atoms with van der Waals surface area (Å²) in [4.78, 5) is 9.61. The van der Waals surface area contributed by atoms with Gasteiger partial charge >= 0.3 is 0 Å². The summed E-state index contributed by atoms with van der Waals surface area (Å²) in [5.74, 6) is 1.85. The Kier molecular flexibility index (Phi) is 9.09. The molecule has 0 spiro atoms. The normalized spacial score (nSPS) is 24.0. The summed E-state index contributed by atoms with van der Waals surface area (Å²) in [5.41, 5.74) is 1.37. The molecule has 2 N–H and O–H groups in total. The quantitative estimate of drug-likeness (QED) is 0.327. The highest BCUT2D eigenvalue weighted by molar-refractivity contribution is 14.0. The number of ether oxygens (including phenoxy) is 2. The summed E-state index contributed by atoms with van der Waals surface area (Å²) >= 11 is 0. The first kappa shape index (κ1) is 24.4. The molecule has 0 radical (unpaired) electrons. The minimum absolute atomic E-state index is 0. The molecule has 1 aromatic carbocycles. The predicted octanol–water partition coefficient (Wildman–Crippen LogP) is 2.70. The number of hydrogen-bond acceptors (Lipinski definition) is 5. The van der Waals surface area contributed by atoms with Crippen LogP contribution in [0.4, 0.5) is 5.69 Å². The number of aliphatic imine (C=N–C) groups is 1. The fourth-order valence-corrected chi connectivity index (χ4v) is 5.17. The van der Waals surface area contributed by atoms with Crippen molar-refractivity contribution >= 4 is 35.6 Å². The smallest absolute Gasteiger partial charge is 0.191 e. The van der Waals surface area contributed by atoms with Crippen LogP contribution >= 0.6 is 24.0 Å². The molecule has 3 fully saturated rings. The molecule has 7 nitrogen and oxygen atoms in total. The second-order valence-electron chi connectivity index (χ2n) is 8.70. The van der Waals surface area contributed by atoms with E-state index in [1.54, 1.807) is 7.11 Å². The minimum Gasteiger partial charge on any atom is -0.495 e. The van der Waals surface area contributed by atoms with Crippen LogP contribution in [-0.2, 0) is 4.74 Å². The molecule has 0 aromatic heterocycles. The Bertz CT molecular complexity index is 720. The predicted molar refractivity (Wildman–Crippen MR) is 137 cm³/mol. The van der Waals surface area contributed by atoms with Gasteiger partial charge in [-0.05, 0) is 57.3 Å². The average molecular weight is 543 g/mol. The molecule has 0 saturated carbocycles. The topological polar surface area (TPSA) is 61.4 Å². The third kappa shape index (κ3) is 5.76. The van der Waals surface area contributed by atoms with E-state index in [-0.39, 0.29) is 29.5 Å². The van der Waals surface area contributed by atoms with Gasteiger partial charge in [0.15, 0.2) is 5.96 Å². The van der Waals surface area contributed by atoms with E-state index in [9.17, 15) is 0 Å². The number of halogens is 1. The van der Waals surface area contributed by atoms with Gasteiger partial charge in [0.1, 0.15) is 5.75 Å². The molecular formula is C23H38IN5O2. The van der Waals surface area contributed by atoms with Gasteiger partial charge in [0, 0.05) is 51.5 Å². The zero-order chi connectivity index (χ0) is 20.8. The number of nitrogens with one attached hydrogen (secondary N) is 2. The summed E-state index contributed by atoms with van der Waals surface area (Å²) in [6, 6.07) is 8.64. The maximum absolute atomic E-state index is 5.68. The largest absolute Gasteiger partial charge is 0.495 e. The van der Waals surface area contributed by atoms with Gasteiger partial charge in [0.25, 0.3) is 0 Å². The standard InChI is InChI=1S/C23H37N5O2.HI/c1-24-22(25-18-23(10-15-30-16-11-23)28-12-5-6-13-28)26-19-9-14-27(17-19)20-7-3-4-8-21(20)29-2;/h3-4,7-8,19H,5-6,9-18H2,1-2H3,(H2,24,25,26);1H. The minimum atomic E-state index is 0. The van der Waals surface area contributed by atoms with Crippen molar-refractivity contribution in [2.75, 3.05) is 65.0 Å². The lowest BCUT2D eigenvalue weighted by Crippen LogP contribution is -2.59. The van der Waals surface area contributed by atoms with E-state index in [0.29, 0.717) is 6.04 Å². The molecule has 0 aliphatic carbocycles. The van der Waals surface area contributed by atoms with Crippen molar-refractivity contribution in [2.24, 2.45) is 4.99 Å². The van der Waals surface area contributed by atoms with E-state index in [4.69, 9.17) is 9.47 Å². The molecule has 0 bridgehead atoms. The Balaban J connectivity index is 0.00000272. The van der Waals surface area contributed by atoms with Crippen molar-refractivity contribution in [1.82, 2.24) is 15.5 Å². The monoisotopic (exact) mass is 543 g/mol. The molecule has 8 heteroatoms. The summed E-state index contributed by atoms with van der Waals surface area (Å²) in [6.07, 6.45) is 5.92. The highest BCUT2D eigenvalue weighted by Crippen LogP contribution is 2.31. The number of nitrogens with zero attached hydrogens (tertiary/aromatic N) is 3. The zero-order valence-electron chi connectivity index (χ0n) is 18.9. The lowest BCUT2D eigenvalue weighted by atomic mass is 9.88. The van der Waals surface area contributed by atoms with Crippen molar-refractivity contribution in [1.29, 1.82) is 0 Å². The Labute approximate surface area is 204 Å². The van der Waals surface area contributed by atoms with Crippen molar-refractivity contribution in [3.05, 3.63) is 24.3 Å². The first-order valence-corrected chi connectivity index (χ1v) is 11.4. The first-order valence-electron chi connectivity index (χ1n) is 11.4. The van der Waals surface area contributed by atoms with Gasteiger partial charge < -0.3 is 25.0 Å². The van der Waals surface area contributed by atoms with E-state index in [2.05, 4.69) is 37.6 Å². The van der Waals surface area contributed by atoms with Gasteiger partial charge in [-0.2, -0.15) is 0 Å². The van der Waals surface area contributed by atoms with Crippen LogP contribution in [0.2, 0.25) is 0 Å². The number of rotatable bonds is 6. The Morgan fingerprint density at radius 2 is 1.94 bits per heavy atom. The molecule has 4 rings (SSSR count). The van der Waals surface area contributed by atoms with E-state index >= 15 is 0 Å². The van der Waals surface area contributed by atoms with E-state index < -0.39 is 0 Å². The second kappa shape index (κ2) is 11.6. The Morgan fingerprint density at radius 3 is 2.65 bits per heavy atom. The van der Waals surface area contributed by atoms with Gasteiger partial charge in [-0.1, -0.05) is 12.1 Å². The molecule has 174 valence electrons. The van der Waals surface area contributed by atoms with Gasteiger partial charge in [-0.3, -0.25) is 9.89 Å². The van der Waals surface area contributed by atoms with Crippen LogP contribution < -0.4 is 20.3 Å². The molecule has 31 heavy (non-hydrogen) atoms. The number of guanidine groups is 1. The molecule has 1 aromatic rings. The average Bonchev–Trinajstić information content (AvgIpc) is 3.50. The first-order chi connectivity index (χ1) is 14.7. The van der Waals surface area contributed by atoms with Gasteiger partial charge in [-0.25, -0.2) is 0 Å². The molecule has 1 atom stereocenters. The van der Waals surface area contributed by atoms with Crippen molar-refractivity contribution < 1.29 is 9.47 Å². The van der Waals surface area contributed by atoms with E-state index in [0.717, 1.165) is 63.8 Å². The van der Waals surface area contributed by atoms with E-state index in [1.807, 2.05) is 19.2 Å². The van der Waals surface area contributed by atoms with Crippen molar-refractivity contribution in [3.8, 4) is 5.75 Å². The Morgan fingerprint density at radius 1 is 1.19 bits per heavy atom. The number of methoxy groups -OCH3 is 1. The summed E-state index contributed by atoms with van der Waals surface area (Å²) < 4.78 is 11.2. The van der Waals surface area contributed by atoms with E-state index in [1.165, 1.54) is 31.6 Å². The molecule has 3 saturated heterocycles. The fourth-order valence-electron chi connectivity index (χ4n) is 5.17. The molecule has 3 heterocycles. The highest BCUT2D eigenvalue weighted by atomic mass is 127. The van der Waals surface area contributed by atoms with Gasteiger partial charge in [0.05, 0.1) is 12.8 Å². The van der Waals surface area contributed by atoms with Crippen LogP contribution in [0.3, 0.4) is 0 Å². The summed E-state index contributed by atoms with van der Waals surface area (Å²) in [6.45, 7) is 7.05. The third-order valence-corrected chi connectivity index (χ3v) is 6.96. The van der Waals surface area contributed by atoms with Crippen molar-refractivity contribution in [2.45, 2.75) is 43.7 Å². The van der Waals surface area contributed by atoms with Crippen LogP contribution in [-0.4, -0.2) is 82.5 Å². The number of benzene rings is 1. The third-order valence-electron chi connectivity index (χ3n) is 6.96. The fraction of sp³-hybridized carbons (Fsp3) is 0.696. The SMILES string of the molecule is CN=C(NCC1(N2CCCC2)CCOCC1)NC1CCN(c2ccccc2OC)C1.I. The van der Waals surface area contributed by atoms with Gasteiger partial charge in [-0.15, -0.1) is 24.0 Å². The molecule has 0 amide bonds. The number of para-hydroxylation sites is 2. The number of hydrogen-bond donors (Lipinski definition) is 2. The van der Waals surface area contributed by atoms with Gasteiger partial charge in [0.2, 0.25) is 0 Å². The highest BCUT2D eigenvalue weighted by Gasteiger charge is 2.39. The number of anilines is 1. The maximum atomic E-state index is 5.68. The van der Waals surface area contributed by atoms with Crippen LogP contribution in [0.5, 0.6) is 5.75 Å². The lowest BCUT2D eigenvalue weighted by molar-refractivity contribution is -0.0164. The van der Waals surface area contributed by atoms with Crippen LogP contribution in [0.15, 0.2) is 29.3 Å². The zero-order valence-corrected chi connectivity index (χ0v) is 21.3. The maximum Gasteiger partial charge on any atom is 0.191 e. The molecule has 1 unspecified atom stereocenters. The van der Waals surface area contributed by atoms with Crippen LogP contribution in [0, 0.1) is 0 Å². The second-order valence-corrected chi connectivity index (χ2v) is 8.70. The Hall–Kier alpha value is -1.26. The molecule has 3 aliphatic rings. The number of likely N-dealkylation sites (tertiary alicyclic amines) is 1. The van der Waals surface area contributed by atoms with Crippen LogP contribution in [0.1, 0.15) is 32.1 Å². The summed E-state index contributed by atoms with van der Waals surface area (Å²) in [5, 5.41) is 7.32. The molecular weight excluding hydrogens is 505 g/mol. The van der Waals surface area contributed by atoms with Crippen molar-refractivity contribution in [3.63, 3.8) is 0 Å². The summed E-state index contributed by atoms with van der Waals surface area (Å²) in [7, 11) is 3.61.